The van der Waals surface area contributed by atoms with Crippen LogP contribution in [0.2, 0.25) is 0 Å². The lowest BCUT2D eigenvalue weighted by atomic mass is 9.93. The lowest BCUT2D eigenvalue weighted by Gasteiger charge is -2.28. The number of aliphatic hydroxyl groups is 1. The molecule has 0 radical (unpaired) electrons. The number of carbonyl (C=O) groups is 1. The van der Waals surface area contributed by atoms with E-state index >= 15 is 0 Å². The number of anilines is 1. The summed E-state index contributed by atoms with van der Waals surface area (Å²) in [5.41, 5.74) is 1.36. The van der Waals surface area contributed by atoms with Crippen molar-refractivity contribution in [3.63, 3.8) is 0 Å². The number of nitrogens with one attached hydrogen (secondary N) is 2. The lowest BCUT2D eigenvalue weighted by molar-refractivity contribution is 0.0955. The summed E-state index contributed by atoms with van der Waals surface area (Å²) < 4.78 is 14.9. The SMILES string of the molecule is Cc1cc(NC(=O)NC2CCCCC2O)nn1-c1cccc(F)c1. The molecule has 1 saturated carbocycles. The number of hydrogen-bond donors (Lipinski definition) is 3. The average Bonchev–Trinajstić information content (AvgIpc) is 2.90. The van der Waals surface area contributed by atoms with Crippen molar-refractivity contribution in [2.75, 3.05) is 5.32 Å². The van der Waals surface area contributed by atoms with Crippen molar-refractivity contribution < 1.29 is 14.3 Å². The molecule has 2 unspecified atom stereocenters. The van der Waals surface area contributed by atoms with Gasteiger partial charge >= 0.3 is 6.03 Å². The van der Waals surface area contributed by atoms with Crippen LogP contribution in [0.5, 0.6) is 0 Å². The van der Waals surface area contributed by atoms with Crippen LogP contribution < -0.4 is 10.6 Å². The topological polar surface area (TPSA) is 79.2 Å². The van der Waals surface area contributed by atoms with Gasteiger partial charge in [0.2, 0.25) is 0 Å². The number of benzene rings is 1. The van der Waals surface area contributed by atoms with Gasteiger partial charge in [-0.15, -0.1) is 5.10 Å². The van der Waals surface area contributed by atoms with E-state index in [1.165, 1.54) is 12.1 Å². The summed E-state index contributed by atoms with van der Waals surface area (Å²) in [6.07, 6.45) is 2.95. The van der Waals surface area contributed by atoms with Gasteiger partial charge in [-0.05, 0) is 38.0 Å². The van der Waals surface area contributed by atoms with E-state index in [0.29, 0.717) is 17.9 Å². The van der Waals surface area contributed by atoms with Crippen molar-refractivity contribution in [2.45, 2.75) is 44.8 Å². The first kappa shape index (κ1) is 16.4. The van der Waals surface area contributed by atoms with Gasteiger partial charge < -0.3 is 10.4 Å². The highest BCUT2D eigenvalue weighted by Crippen LogP contribution is 2.19. The Bertz CT molecular complexity index is 731. The highest BCUT2D eigenvalue weighted by atomic mass is 19.1. The molecule has 6 nitrogen and oxygen atoms in total. The van der Waals surface area contributed by atoms with Crippen molar-refractivity contribution in [3.8, 4) is 5.69 Å². The average molecular weight is 332 g/mol. The number of nitrogens with zero attached hydrogens (tertiary/aromatic N) is 2. The van der Waals surface area contributed by atoms with Gasteiger partial charge in [-0.2, -0.15) is 0 Å². The first-order chi connectivity index (χ1) is 11.5. The van der Waals surface area contributed by atoms with Crippen molar-refractivity contribution >= 4 is 11.8 Å². The Morgan fingerprint density at radius 2 is 2.12 bits per heavy atom. The van der Waals surface area contributed by atoms with E-state index in [1.54, 1.807) is 22.9 Å². The number of hydrogen-bond acceptors (Lipinski definition) is 3. The zero-order valence-corrected chi connectivity index (χ0v) is 13.5. The Morgan fingerprint density at radius 3 is 2.88 bits per heavy atom. The molecule has 0 bridgehead atoms. The van der Waals surface area contributed by atoms with Crippen LogP contribution in [0.4, 0.5) is 15.0 Å². The van der Waals surface area contributed by atoms with Crippen LogP contribution in [0.25, 0.3) is 5.69 Å². The third-order valence-corrected chi connectivity index (χ3v) is 4.23. The second-order valence-corrected chi connectivity index (χ2v) is 6.12. The molecule has 2 atom stereocenters. The molecule has 0 saturated heterocycles. The summed E-state index contributed by atoms with van der Waals surface area (Å²) in [6, 6.07) is 7.17. The summed E-state index contributed by atoms with van der Waals surface area (Å²) in [5.74, 6) is 0.0282. The quantitative estimate of drug-likeness (QED) is 0.808. The summed E-state index contributed by atoms with van der Waals surface area (Å²) in [7, 11) is 0. The minimum Gasteiger partial charge on any atom is -0.391 e. The van der Waals surface area contributed by atoms with Gasteiger partial charge in [0.25, 0.3) is 0 Å². The normalized spacial score (nSPS) is 20.6. The predicted octanol–water partition coefficient (Wildman–Crippen LogP) is 2.74. The van der Waals surface area contributed by atoms with E-state index in [9.17, 15) is 14.3 Å². The molecule has 2 aromatic rings. The summed E-state index contributed by atoms with van der Waals surface area (Å²) >= 11 is 0. The van der Waals surface area contributed by atoms with Crippen LogP contribution in [0.1, 0.15) is 31.4 Å². The highest BCUT2D eigenvalue weighted by molar-refractivity contribution is 5.88. The maximum absolute atomic E-state index is 13.4. The van der Waals surface area contributed by atoms with Gasteiger partial charge in [-0.3, -0.25) is 5.32 Å². The minimum absolute atomic E-state index is 0.231. The fourth-order valence-electron chi connectivity index (χ4n) is 3.01. The molecule has 1 aliphatic carbocycles. The van der Waals surface area contributed by atoms with Gasteiger partial charge in [-0.1, -0.05) is 18.9 Å². The number of aryl methyl sites for hydroxylation is 1. The van der Waals surface area contributed by atoms with E-state index in [0.717, 1.165) is 25.0 Å². The molecule has 0 spiro atoms. The Kier molecular flexibility index (Phi) is 4.80. The van der Waals surface area contributed by atoms with Gasteiger partial charge in [0.1, 0.15) is 5.82 Å². The van der Waals surface area contributed by atoms with E-state index in [4.69, 9.17) is 0 Å². The number of carbonyl (C=O) groups excluding carboxylic acids is 1. The molecule has 1 aliphatic rings. The number of amides is 2. The molecular formula is C17H21FN4O2. The molecule has 24 heavy (non-hydrogen) atoms. The Morgan fingerprint density at radius 1 is 1.33 bits per heavy atom. The molecule has 7 heteroatoms. The maximum atomic E-state index is 13.4. The molecule has 1 aromatic heterocycles. The van der Waals surface area contributed by atoms with E-state index in [1.807, 2.05) is 6.92 Å². The van der Waals surface area contributed by atoms with Gasteiger partial charge in [0.15, 0.2) is 5.82 Å². The monoisotopic (exact) mass is 332 g/mol. The molecule has 0 aliphatic heterocycles. The van der Waals surface area contributed by atoms with Crippen molar-refractivity contribution in [1.82, 2.24) is 15.1 Å². The largest absolute Gasteiger partial charge is 0.391 e. The number of rotatable bonds is 3. The third kappa shape index (κ3) is 3.73. The highest BCUT2D eigenvalue weighted by Gasteiger charge is 2.24. The molecule has 128 valence electrons. The van der Waals surface area contributed by atoms with Crippen molar-refractivity contribution in [1.29, 1.82) is 0 Å². The van der Waals surface area contributed by atoms with E-state index in [2.05, 4.69) is 15.7 Å². The Hall–Kier alpha value is -2.41. The smallest absolute Gasteiger partial charge is 0.320 e. The number of urea groups is 1. The maximum Gasteiger partial charge on any atom is 0.320 e. The standard InChI is InChI=1S/C17H21FN4O2/c1-11-9-16(21-22(11)13-6-4-5-12(18)10-13)20-17(24)19-14-7-2-3-8-15(14)23/h4-6,9-10,14-15,23H,2-3,7-8H2,1H3,(H2,19,20,21,24). The third-order valence-electron chi connectivity index (χ3n) is 4.23. The molecule has 2 amide bonds. The summed E-state index contributed by atoms with van der Waals surface area (Å²) in [4.78, 5) is 12.1. The minimum atomic E-state index is -0.504. The molecule has 1 heterocycles. The molecule has 3 N–H and O–H groups in total. The molecule has 1 aromatic carbocycles. The first-order valence-corrected chi connectivity index (χ1v) is 8.11. The van der Waals surface area contributed by atoms with Crippen LogP contribution >= 0.6 is 0 Å². The van der Waals surface area contributed by atoms with Crippen LogP contribution in [0, 0.1) is 12.7 Å². The van der Waals surface area contributed by atoms with Gasteiger partial charge in [-0.25, -0.2) is 13.9 Å². The zero-order chi connectivity index (χ0) is 17.1. The number of halogens is 1. The van der Waals surface area contributed by atoms with Crippen LogP contribution in [-0.2, 0) is 0 Å². The predicted molar refractivity (Wildman–Crippen MR) is 88.7 cm³/mol. The van der Waals surface area contributed by atoms with Crippen LogP contribution in [0.15, 0.2) is 30.3 Å². The Labute approximate surface area is 139 Å². The second kappa shape index (κ2) is 7.00. The van der Waals surface area contributed by atoms with Gasteiger partial charge in [0, 0.05) is 11.8 Å². The first-order valence-electron chi connectivity index (χ1n) is 8.11. The van der Waals surface area contributed by atoms with Gasteiger partial charge in [0.05, 0.1) is 17.8 Å². The van der Waals surface area contributed by atoms with E-state index in [-0.39, 0.29) is 11.9 Å². The Balaban J connectivity index is 1.67. The molecule has 1 fully saturated rings. The second-order valence-electron chi connectivity index (χ2n) is 6.12. The molecule has 3 rings (SSSR count). The van der Waals surface area contributed by atoms with Crippen molar-refractivity contribution in [3.05, 3.63) is 41.8 Å². The number of aliphatic hydroxyl groups excluding tert-OH is 1. The fourth-order valence-corrected chi connectivity index (χ4v) is 3.01. The lowest BCUT2D eigenvalue weighted by Crippen LogP contribution is -2.46. The number of aromatic nitrogens is 2. The van der Waals surface area contributed by atoms with E-state index < -0.39 is 12.1 Å². The molecular weight excluding hydrogens is 311 g/mol. The summed E-state index contributed by atoms with van der Waals surface area (Å²) in [5, 5.41) is 19.7. The summed E-state index contributed by atoms with van der Waals surface area (Å²) in [6.45, 7) is 1.83. The van der Waals surface area contributed by atoms with Crippen LogP contribution in [-0.4, -0.2) is 33.1 Å². The zero-order valence-electron chi connectivity index (χ0n) is 13.5. The fraction of sp³-hybridized carbons (Fsp3) is 0.412. The van der Waals surface area contributed by atoms with Crippen molar-refractivity contribution in [2.24, 2.45) is 0 Å². The van der Waals surface area contributed by atoms with Crippen LogP contribution in [0.3, 0.4) is 0 Å².